The van der Waals surface area contributed by atoms with Gasteiger partial charge in [-0.1, -0.05) is 90.4 Å². The molecule has 0 radical (unpaired) electrons. The first kappa shape index (κ1) is 24.1. The van der Waals surface area contributed by atoms with E-state index < -0.39 is 24.6 Å². The zero-order valence-corrected chi connectivity index (χ0v) is 16.0. The molecule has 5 heteroatoms. The third-order valence-electron chi connectivity index (χ3n) is 4.39. The summed E-state index contributed by atoms with van der Waals surface area (Å²) >= 11 is 0. The van der Waals surface area contributed by atoms with Gasteiger partial charge in [0, 0.05) is 6.42 Å². The number of hydrogen-bond donors (Lipinski definition) is 2. The number of rotatable bonds is 17. The molecule has 0 aromatic carbocycles. The second-order valence-corrected chi connectivity index (χ2v) is 6.84. The molecule has 0 aromatic heterocycles. The van der Waals surface area contributed by atoms with Crippen LogP contribution in [0.15, 0.2) is 0 Å². The van der Waals surface area contributed by atoms with Gasteiger partial charge in [0.05, 0.1) is 6.61 Å². The Hall–Kier alpha value is -0.940. The number of hydrogen-bond acceptors (Lipinski definition) is 5. The fourth-order valence-corrected chi connectivity index (χ4v) is 2.77. The van der Waals surface area contributed by atoms with Crippen LogP contribution in [0.4, 0.5) is 0 Å². The average Bonchev–Trinajstić information content (AvgIpc) is 2.61. The van der Waals surface area contributed by atoms with Crippen LogP contribution in [0.25, 0.3) is 0 Å². The molecule has 0 amide bonds. The monoisotopic (exact) mass is 358 g/mol. The molecular weight excluding hydrogens is 320 g/mol. The summed E-state index contributed by atoms with van der Waals surface area (Å²) in [5, 5.41) is 17.6. The molecule has 0 aliphatic carbocycles. The van der Waals surface area contributed by atoms with E-state index in [0.29, 0.717) is 6.42 Å². The van der Waals surface area contributed by atoms with Crippen molar-refractivity contribution in [1.29, 1.82) is 0 Å². The number of carbonyl (C=O) groups excluding carboxylic acids is 2. The fraction of sp³-hybridized carbons (Fsp3) is 0.900. The van der Waals surface area contributed by atoms with Gasteiger partial charge >= 0.3 is 11.9 Å². The van der Waals surface area contributed by atoms with E-state index in [1.54, 1.807) is 0 Å². The summed E-state index contributed by atoms with van der Waals surface area (Å²) in [6.07, 6.45) is 15.9. The normalized spacial score (nSPS) is 12.1. The first-order valence-corrected chi connectivity index (χ1v) is 10.1. The van der Waals surface area contributed by atoms with Gasteiger partial charge in [-0.25, -0.2) is 4.79 Å². The van der Waals surface area contributed by atoms with E-state index in [2.05, 4.69) is 11.7 Å². The fourth-order valence-electron chi connectivity index (χ4n) is 2.77. The Kier molecular flexibility index (Phi) is 17.2. The predicted molar refractivity (Wildman–Crippen MR) is 99.1 cm³/mol. The smallest absolute Gasteiger partial charge is 0.345 e. The molecule has 25 heavy (non-hydrogen) atoms. The zero-order valence-electron chi connectivity index (χ0n) is 16.0. The van der Waals surface area contributed by atoms with Crippen molar-refractivity contribution >= 4 is 11.9 Å². The standard InChI is InChI=1S/C20H38O5/c1-2-3-4-5-6-7-8-9-10-11-12-13-14-15-16-19(23)25-20(24)18(22)17-21/h18,21-22H,2-17H2,1H3. The van der Waals surface area contributed by atoms with Crippen LogP contribution in [0.1, 0.15) is 103 Å². The molecule has 0 bridgehead atoms. The van der Waals surface area contributed by atoms with Crippen molar-refractivity contribution in [2.75, 3.05) is 6.61 Å². The van der Waals surface area contributed by atoms with Crippen LogP contribution in [-0.4, -0.2) is 34.9 Å². The Labute approximate surface area is 153 Å². The molecule has 2 N–H and O–H groups in total. The van der Waals surface area contributed by atoms with E-state index >= 15 is 0 Å². The van der Waals surface area contributed by atoms with Gasteiger partial charge in [-0.05, 0) is 6.42 Å². The second-order valence-electron chi connectivity index (χ2n) is 6.84. The molecule has 0 fully saturated rings. The highest BCUT2D eigenvalue weighted by atomic mass is 16.6. The van der Waals surface area contributed by atoms with Crippen molar-refractivity contribution in [2.45, 2.75) is 109 Å². The average molecular weight is 359 g/mol. The van der Waals surface area contributed by atoms with Crippen LogP contribution in [0.3, 0.4) is 0 Å². The van der Waals surface area contributed by atoms with Gasteiger partial charge in [0.1, 0.15) is 0 Å². The third-order valence-corrected chi connectivity index (χ3v) is 4.39. The molecule has 0 aromatic rings. The Morgan fingerprint density at radius 3 is 1.56 bits per heavy atom. The molecular formula is C20H38O5. The maximum atomic E-state index is 11.4. The van der Waals surface area contributed by atoms with E-state index in [1.165, 1.54) is 70.6 Å². The predicted octanol–water partition coefficient (Wildman–Crippen LogP) is 4.28. The van der Waals surface area contributed by atoms with E-state index in [-0.39, 0.29) is 6.42 Å². The van der Waals surface area contributed by atoms with E-state index in [1.807, 2.05) is 0 Å². The lowest BCUT2D eigenvalue weighted by Crippen LogP contribution is -2.28. The number of ether oxygens (including phenoxy) is 1. The maximum Gasteiger partial charge on any atom is 0.345 e. The lowest BCUT2D eigenvalue weighted by atomic mass is 10.0. The van der Waals surface area contributed by atoms with Gasteiger partial charge in [0.25, 0.3) is 0 Å². The molecule has 0 saturated carbocycles. The van der Waals surface area contributed by atoms with Crippen molar-refractivity contribution in [3.63, 3.8) is 0 Å². The molecule has 5 nitrogen and oxygen atoms in total. The van der Waals surface area contributed by atoms with Crippen LogP contribution in [0.2, 0.25) is 0 Å². The quantitative estimate of drug-likeness (QED) is 0.230. The molecule has 1 unspecified atom stereocenters. The molecule has 0 heterocycles. The Morgan fingerprint density at radius 1 is 0.760 bits per heavy atom. The van der Waals surface area contributed by atoms with Crippen molar-refractivity contribution in [3.05, 3.63) is 0 Å². The van der Waals surface area contributed by atoms with Gasteiger partial charge < -0.3 is 14.9 Å². The number of unbranched alkanes of at least 4 members (excludes halogenated alkanes) is 13. The SMILES string of the molecule is CCCCCCCCCCCCCCCCC(=O)OC(=O)C(O)CO. The Bertz CT molecular complexity index is 330. The van der Waals surface area contributed by atoms with E-state index in [0.717, 1.165) is 12.8 Å². The van der Waals surface area contributed by atoms with Crippen LogP contribution in [-0.2, 0) is 14.3 Å². The highest BCUT2D eigenvalue weighted by Gasteiger charge is 2.18. The lowest BCUT2D eigenvalue weighted by Gasteiger charge is -2.06. The van der Waals surface area contributed by atoms with Crippen LogP contribution in [0, 0.1) is 0 Å². The summed E-state index contributed by atoms with van der Waals surface area (Å²) in [7, 11) is 0. The maximum absolute atomic E-state index is 11.4. The lowest BCUT2D eigenvalue weighted by molar-refractivity contribution is -0.167. The highest BCUT2D eigenvalue weighted by molar-refractivity contribution is 5.87. The summed E-state index contributed by atoms with van der Waals surface area (Å²) in [5.74, 6) is -1.70. The minimum Gasteiger partial charge on any atom is -0.393 e. The zero-order chi connectivity index (χ0) is 18.8. The summed E-state index contributed by atoms with van der Waals surface area (Å²) in [5.41, 5.74) is 0. The van der Waals surface area contributed by atoms with Crippen molar-refractivity contribution in [1.82, 2.24) is 0 Å². The molecule has 0 spiro atoms. The van der Waals surface area contributed by atoms with Gasteiger partial charge in [0.2, 0.25) is 0 Å². The molecule has 148 valence electrons. The summed E-state index contributed by atoms with van der Waals surface area (Å²) in [6, 6.07) is 0. The van der Waals surface area contributed by atoms with Crippen LogP contribution >= 0.6 is 0 Å². The Morgan fingerprint density at radius 2 is 1.16 bits per heavy atom. The largest absolute Gasteiger partial charge is 0.393 e. The topological polar surface area (TPSA) is 83.8 Å². The first-order chi connectivity index (χ1) is 12.1. The molecule has 0 aliphatic heterocycles. The van der Waals surface area contributed by atoms with Gasteiger partial charge in [-0.3, -0.25) is 4.79 Å². The number of esters is 2. The van der Waals surface area contributed by atoms with Crippen molar-refractivity contribution < 1.29 is 24.5 Å². The van der Waals surface area contributed by atoms with Gasteiger partial charge in [-0.15, -0.1) is 0 Å². The van der Waals surface area contributed by atoms with Gasteiger partial charge in [0.15, 0.2) is 6.10 Å². The van der Waals surface area contributed by atoms with Crippen molar-refractivity contribution in [2.24, 2.45) is 0 Å². The second kappa shape index (κ2) is 17.9. The van der Waals surface area contributed by atoms with Crippen molar-refractivity contribution in [3.8, 4) is 0 Å². The Balaban J connectivity index is 3.26. The number of aliphatic hydroxyl groups excluding tert-OH is 2. The van der Waals surface area contributed by atoms with E-state index in [9.17, 15) is 9.59 Å². The third kappa shape index (κ3) is 16.3. The molecule has 0 aliphatic rings. The minimum atomic E-state index is -1.62. The molecule has 0 saturated heterocycles. The summed E-state index contributed by atoms with van der Waals surface area (Å²) in [6.45, 7) is 1.52. The summed E-state index contributed by atoms with van der Waals surface area (Å²) in [4.78, 5) is 22.4. The first-order valence-electron chi connectivity index (χ1n) is 10.1. The number of carbonyl (C=O) groups is 2. The van der Waals surface area contributed by atoms with Crippen LogP contribution in [0.5, 0.6) is 0 Å². The molecule has 0 rings (SSSR count). The number of aliphatic hydroxyl groups is 2. The van der Waals surface area contributed by atoms with Crippen LogP contribution < -0.4 is 0 Å². The minimum absolute atomic E-state index is 0.182. The summed E-state index contributed by atoms with van der Waals surface area (Å²) < 4.78 is 4.43. The highest BCUT2D eigenvalue weighted by Crippen LogP contribution is 2.13. The van der Waals surface area contributed by atoms with Gasteiger partial charge in [-0.2, -0.15) is 0 Å². The van der Waals surface area contributed by atoms with E-state index in [4.69, 9.17) is 10.2 Å². The molecule has 1 atom stereocenters.